The van der Waals surface area contributed by atoms with Crippen LogP contribution >= 0.6 is 11.3 Å². The van der Waals surface area contributed by atoms with Gasteiger partial charge in [0.15, 0.2) is 11.0 Å². The van der Waals surface area contributed by atoms with E-state index in [1.54, 1.807) is 29.2 Å². The number of likely N-dealkylation sites (tertiary alicyclic amines) is 1. The van der Waals surface area contributed by atoms with Gasteiger partial charge in [-0.05, 0) is 43.5 Å². The van der Waals surface area contributed by atoms with Crippen LogP contribution in [0.15, 0.2) is 51.8 Å². The standard InChI is InChI=1S/C20H18N4O3S2/c1-12-6-4-9-15-17(12)21-20(28-15)22-19(25)14-8-5-11-24(14)18-13-7-2-3-10-16(13)29(26,27)23-18/h2-4,6-7,9-10,14H,5,8,11H2,1H3,(H,21,22,25)/t14-/m0/s1. The number of para-hydroxylation sites is 1. The van der Waals surface area contributed by atoms with Crippen molar-refractivity contribution in [3.63, 3.8) is 0 Å². The highest BCUT2D eigenvalue weighted by atomic mass is 32.2. The molecule has 148 valence electrons. The molecule has 1 amide bonds. The lowest BCUT2D eigenvalue weighted by molar-refractivity contribution is -0.119. The van der Waals surface area contributed by atoms with Crippen molar-refractivity contribution < 1.29 is 13.2 Å². The zero-order chi connectivity index (χ0) is 20.2. The fourth-order valence-corrected chi connectivity index (χ4v) is 6.08. The molecule has 5 rings (SSSR count). The number of hydrogen-bond donors (Lipinski definition) is 1. The second kappa shape index (κ2) is 6.64. The first-order chi connectivity index (χ1) is 13.9. The molecule has 1 saturated heterocycles. The molecule has 0 radical (unpaired) electrons. The van der Waals surface area contributed by atoms with Crippen LogP contribution in [0.2, 0.25) is 0 Å². The van der Waals surface area contributed by atoms with Crippen LogP contribution in [0.4, 0.5) is 5.13 Å². The zero-order valence-electron chi connectivity index (χ0n) is 15.6. The van der Waals surface area contributed by atoms with E-state index in [1.807, 2.05) is 25.1 Å². The maximum Gasteiger partial charge on any atom is 0.285 e. The van der Waals surface area contributed by atoms with Gasteiger partial charge in [-0.1, -0.05) is 35.6 Å². The highest BCUT2D eigenvalue weighted by Gasteiger charge is 2.39. The molecule has 7 nitrogen and oxygen atoms in total. The summed E-state index contributed by atoms with van der Waals surface area (Å²) < 4.78 is 29.8. The first-order valence-corrected chi connectivity index (χ1v) is 11.6. The molecule has 3 aromatic rings. The Bertz CT molecular complexity index is 1280. The number of nitrogens with one attached hydrogen (secondary N) is 1. The second-order valence-corrected chi connectivity index (χ2v) is 9.77. The monoisotopic (exact) mass is 426 g/mol. The SMILES string of the molecule is Cc1cccc2sc(NC(=O)[C@@H]3CCCN3C3=NS(=O)(=O)c4ccccc43)nc12. The van der Waals surface area contributed by atoms with Crippen molar-refractivity contribution in [2.24, 2.45) is 4.40 Å². The summed E-state index contributed by atoms with van der Waals surface area (Å²) in [5, 5.41) is 3.47. The molecule has 1 aromatic heterocycles. The number of aromatic nitrogens is 1. The predicted octanol–water partition coefficient (Wildman–Crippen LogP) is 3.16. The summed E-state index contributed by atoms with van der Waals surface area (Å²) in [5.74, 6) is 0.169. The number of aryl methyl sites for hydroxylation is 1. The van der Waals surface area contributed by atoms with Gasteiger partial charge in [0.2, 0.25) is 5.91 Å². The van der Waals surface area contributed by atoms with E-state index < -0.39 is 16.1 Å². The van der Waals surface area contributed by atoms with E-state index in [-0.39, 0.29) is 10.8 Å². The minimum atomic E-state index is -3.72. The van der Waals surface area contributed by atoms with E-state index in [2.05, 4.69) is 14.7 Å². The number of thiazole rings is 1. The van der Waals surface area contributed by atoms with Crippen LogP contribution < -0.4 is 5.32 Å². The van der Waals surface area contributed by atoms with Gasteiger partial charge in [0, 0.05) is 12.1 Å². The first-order valence-electron chi connectivity index (χ1n) is 9.32. The van der Waals surface area contributed by atoms with Crippen LogP contribution in [-0.4, -0.2) is 42.6 Å². The Morgan fingerprint density at radius 3 is 2.86 bits per heavy atom. The third-order valence-electron chi connectivity index (χ3n) is 5.29. The molecule has 3 heterocycles. The Labute approximate surface area is 172 Å². The summed E-state index contributed by atoms with van der Waals surface area (Å²) in [6.07, 6.45) is 1.43. The van der Waals surface area contributed by atoms with Gasteiger partial charge < -0.3 is 10.2 Å². The van der Waals surface area contributed by atoms with Gasteiger partial charge in [0.05, 0.1) is 10.2 Å². The van der Waals surface area contributed by atoms with Gasteiger partial charge in [-0.2, -0.15) is 8.42 Å². The Balaban J connectivity index is 1.44. The summed E-state index contributed by atoms with van der Waals surface area (Å²) in [4.78, 5) is 19.6. The largest absolute Gasteiger partial charge is 0.343 e. The molecule has 0 saturated carbocycles. The number of anilines is 1. The average molecular weight is 427 g/mol. The van der Waals surface area contributed by atoms with Crippen molar-refractivity contribution in [2.75, 3.05) is 11.9 Å². The number of amidine groups is 1. The van der Waals surface area contributed by atoms with E-state index >= 15 is 0 Å². The van der Waals surface area contributed by atoms with Crippen molar-refractivity contribution >= 4 is 48.5 Å². The number of nitrogens with zero attached hydrogens (tertiary/aromatic N) is 3. The Morgan fingerprint density at radius 1 is 1.21 bits per heavy atom. The topological polar surface area (TPSA) is 91.7 Å². The number of benzene rings is 2. The maximum atomic E-state index is 13.0. The minimum Gasteiger partial charge on any atom is -0.343 e. The van der Waals surface area contributed by atoms with Crippen molar-refractivity contribution in [1.29, 1.82) is 0 Å². The summed E-state index contributed by atoms with van der Waals surface area (Å²) in [6, 6.07) is 12.2. The number of carbonyl (C=O) groups is 1. The molecule has 1 atom stereocenters. The number of carbonyl (C=O) groups excluding carboxylic acids is 1. The zero-order valence-corrected chi connectivity index (χ0v) is 17.3. The van der Waals surface area contributed by atoms with E-state index in [4.69, 9.17) is 0 Å². The Hall–Kier alpha value is -2.78. The van der Waals surface area contributed by atoms with Gasteiger partial charge >= 0.3 is 0 Å². The maximum absolute atomic E-state index is 13.0. The number of sulfonamides is 1. The van der Waals surface area contributed by atoms with Gasteiger partial charge in [-0.25, -0.2) is 4.98 Å². The van der Waals surface area contributed by atoms with Crippen molar-refractivity contribution in [3.05, 3.63) is 53.6 Å². The molecule has 2 aliphatic rings. The number of amides is 1. The lowest BCUT2D eigenvalue weighted by Gasteiger charge is -2.25. The Morgan fingerprint density at radius 2 is 2.03 bits per heavy atom. The molecular formula is C20H18N4O3S2. The van der Waals surface area contributed by atoms with Crippen molar-refractivity contribution in [3.8, 4) is 0 Å². The lowest BCUT2D eigenvalue weighted by atomic mass is 10.1. The molecule has 0 bridgehead atoms. The smallest absolute Gasteiger partial charge is 0.285 e. The van der Waals surface area contributed by atoms with E-state index in [9.17, 15) is 13.2 Å². The quantitative estimate of drug-likeness (QED) is 0.680. The van der Waals surface area contributed by atoms with Crippen LogP contribution in [0.1, 0.15) is 24.0 Å². The second-order valence-electron chi connectivity index (χ2n) is 7.17. The van der Waals surface area contributed by atoms with E-state index in [0.29, 0.717) is 29.5 Å². The third kappa shape index (κ3) is 3.01. The van der Waals surface area contributed by atoms with Crippen molar-refractivity contribution in [1.82, 2.24) is 9.88 Å². The van der Waals surface area contributed by atoms with E-state index in [1.165, 1.54) is 11.3 Å². The van der Waals surface area contributed by atoms with Crippen LogP contribution in [0.5, 0.6) is 0 Å². The van der Waals surface area contributed by atoms with Crippen molar-refractivity contribution in [2.45, 2.75) is 30.7 Å². The lowest BCUT2D eigenvalue weighted by Crippen LogP contribution is -2.43. The fourth-order valence-electron chi connectivity index (χ4n) is 3.92. The summed E-state index contributed by atoms with van der Waals surface area (Å²) in [5.41, 5.74) is 2.50. The molecule has 1 N–H and O–H groups in total. The summed E-state index contributed by atoms with van der Waals surface area (Å²) in [7, 11) is -3.72. The molecule has 1 fully saturated rings. The minimum absolute atomic E-state index is 0.191. The first kappa shape index (κ1) is 18.3. The van der Waals surface area contributed by atoms with Gasteiger partial charge in [0.1, 0.15) is 10.9 Å². The summed E-state index contributed by atoms with van der Waals surface area (Å²) in [6.45, 7) is 2.57. The molecule has 0 spiro atoms. The molecule has 2 aliphatic heterocycles. The van der Waals surface area contributed by atoms with Crippen LogP contribution in [-0.2, 0) is 14.8 Å². The normalized spacial score (nSPS) is 20.0. The molecule has 0 aliphatic carbocycles. The predicted molar refractivity (Wildman–Crippen MR) is 113 cm³/mol. The van der Waals surface area contributed by atoms with Gasteiger partial charge in [0.25, 0.3) is 10.0 Å². The van der Waals surface area contributed by atoms with Crippen LogP contribution in [0.3, 0.4) is 0 Å². The number of hydrogen-bond acceptors (Lipinski definition) is 6. The molecular weight excluding hydrogens is 408 g/mol. The van der Waals surface area contributed by atoms with E-state index in [0.717, 1.165) is 22.2 Å². The summed E-state index contributed by atoms with van der Waals surface area (Å²) >= 11 is 1.43. The van der Waals surface area contributed by atoms with Gasteiger partial charge in [-0.15, -0.1) is 4.40 Å². The number of rotatable bonds is 2. The highest BCUT2D eigenvalue weighted by molar-refractivity contribution is 7.90. The number of fused-ring (bicyclic) bond motifs is 2. The van der Waals surface area contributed by atoms with Crippen LogP contribution in [0, 0.1) is 6.92 Å². The van der Waals surface area contributed by atoms with Gasteiger partial charge in [-0.3, -0.25) is 4.79 Å². The highest BCUT2D eigenvalue weighted by Crippen LogP contribution is 2.32. The molecule has 0 unspecified atom stereocenters. The fraction of sp³-hybridized carbons (Fsp3) is 0.250. The molecule has 29 heavy (non-hydrogen) atoms. The Kier molecular flexibility index (Phi) is 4.18. The molecule has 9 heteroatoms. The van der Waals surface area contributed by atoms with Crippen LogP contribution in [0.25, 0.3) is 10.2 Å². The average Bonchev–Trinajstić information content (AvgIpc) is 3.38. The molecule has 2 aromatic carbocycles. The third-order valence-corrected chi connectivity index (χ3v) is 7.55.